The van der Waals surface area contributed by atoms with Crippen molar-refractivity contribution < 1.29 is 4.74 Å². The summed E-state index contributed by atoms with van der Waals surface area (Å²) in [5.74, 6) is 0. The molecule has 0 aromatic heterocycles. The molecule has 0 rings (SSSR count). The van der Waals surface area contributed by atoms with Gasteiger partial charge in [0.25, 0.3) is 0 Å². The molecule has 52 valence electrons. The number of nitrogens with zero attached hydrogens (tertiary/aromatic N) is 1. The van der Waals surface area contributed by atoms with Crippen molar-refractivity contribution in [3.63, 3.8) is 0 Å². The van der Waals surface area contributed by atoms with Crippen LogP contribution in [0.25, 0.3) is 0 Å². The van der Waals surface area contributed by atoms with Gasteiger partial charge in [0.2, 0.25) is 0 Å². The molecule has 9 heavy (non-hydrogen) atoms. The quantitative estimate of drug-likeness (QED) is 0.585. The zero-order chi connectivity index (χ0) is 7.11. The molecule has 3 heteroatoms. The summed E-state index contributed by atoms with van der Waals surface area (Å²) in [6, 6.07) is 2.00. The molecule has 0 aliphatic heterocycles. The highest BCUT2D eigenvalue weighted by atomic mass is 16.5. The van der Waals surface area contributed by atoms with E-state index >= 15 is 0 Å². The Morgan fingerprint density at radius 3 is 2.78 bits per heavy atom. The van der Waals surface area contributed by atoms with Gasteiger partial charge in [0, 0.05) is 13.7 Å². The molecule has 0 amide bonds. The van der Waals surface area contributed by atoms with E-state index < -0.39 is 0 Å². The fourth-order valence-corrected chi connectivity index (χ4v) is 0.457. The third kappa shape index (κ3) is 3.95. The number of hydrogen-bond acceptors (Lipinski definition) is 3. The summed E-state index contributed by atoms with van der Waals surface area (Å²) in [6.45, 7) is 3.48. The van der Waals surface area contributed by atoms with Crippen molar-refractivity contribution in [1.29, 1.82) is 5.26 Å². The minimum atomic E-state index is -0.301. The van der Waals surface area contributed by atoms with Crippen LogP contribution in [0.2, 0.25) is 0 Å². The first-order valence-electron chi connectivity index (χ1n) is 2.98. The van der Waals surface area contributed by atoms with Crippen LogP contribution in [0.15, 0.2) is 0 Å². The van der Waals surface area contributed by atoms with E-state index in [1.807, 2.05) is 13.0 Å². The van der Waals surface area contributed by atoms with Crippen LogP contribution in [-0.2, 0) is 4.74 Å². The van der Waals surface area contributed by atoms with Gasteiger partial charge in [0.1, 0.15) is 0 Å². The lowest BCUT2D eigenvalue weighted by Crippen LogP contribution is -2.26. The number of nitriles is 1. The van der Waals surface area contributed by atoms with Gasteiger partial charge in [-0.3, -0.25) is 0 Å². The molecule has 1 unspecified atom stereocenters. The zero-order valence-electron chi connectivity index (χ0n) is 5.85. The zero-order valence-corrected chi connectivity index (χ0v) is 5.85. The summed E-state index contributed by atoms with van der Waals surface area (Å²) in [6.07, 6.45) is -0.301. The molecule has 0 aromatic carbocycles. The molecule has 0 aliphatic carbocycles. The van der Waals surface area contributed by atoms with Gasteiger partial charge < -0.3 is 10.1 Å². The molecule has 0 aromatic rings. The predicted molar refractivity (Wildman–Crippen MR) is 35.0 cm³/mol. The maximum Gasteiger partial charge on any atom is 0.155 e. The fraction of sp³-hybridized carbons (Fsp3) is 0.833. The Hall–Kier alpha value is -0.590. The highest BCUT2D eigenvalue weighted by Gasteiger charge is 2.00. The molecule has 0 fully saturated rings. The number of rotatable bonds is 4. The average molecular weight is 128 g/mol. The Morgan fingerprint density at radius 2 is 2.44 bits per heavy atom. The maximum absolute atomic E-state index is 8.34. The number of likely N-dealkylation sites (N-methyl/N-ethyl adjacent to an activating group) is 1. The van der Waals surface area contributed by atoms with Crippen LogP contribution in [-0.4, -0.2) is 26.3 Å². The lowest BCUT2D eigenvalue weighted by molar-refractivity contribution is 0.145. The lowest BCUT2D eigenvalue weighted by Gasteiger charge is -2.05. The second kappa shape index (κ2) is 5.54. The van der Waals surface area contributed by atoms with Crippen molar-refractivity contribution in [1.82, 2.24) is 5.32 Å². The first-order valence-corrected chi connectivity index (χ1v) is 2.98. The van der Waals surface area contributed by atoms with Crippen LogP contribution < -0.4 is 5.32 Å². The Labute approximate surface area is 55.6 Å². The third-order valence-corrected chi connectivity index (χ3v) is 1.01. The van der Waals surface area contributed by atoms with Gasteiger partial charge in [-0.15, -0.1) is 0 Å². The van der Waals surface area contributed by atoms with E-state index in [2.05, 4.69) is 5.32 Å². The summed E-state index contributed by atoms with van der Waals surface area (Å²) >= 11 is 0. The van der Waals surface area contributed by atoms with Crippen LogP contribution in [0.3, 0.4) is 0 Å². The molecule has 3 nitrogen and oxygen atoms in total. The van der Waals surface area contributed by atoms with Crippen molar-refractivity contribution in [2.45, 2.75) is 13.0 Å². The molecule has 0 aliphatic rings. The molecule has 1 N–H and O–H groups in total. The minimum absolute atomic E-state index is 0.301. The van der Waals surface area contributed by atoms with E-state index in [9.17, 15) is 0 Å². The van der Waals surface area contributed by atoms with Crippen LogP contribution in [0.4, 0.5) is 0 Å². The molecular formula is C6H12N2O. The monoisotopic (exact) mass is 128 g/mol. The standard InChI is InChI=1S/C6H12N2O/c1-3-8-5-6(4-7)9-2/h6,8H,3,5H2,1-2H3. The largest absolute Gasteiger partial charge is 0.365 e. The van der Waals surface area contributed by atoms with Gasteiger partial charge >= 0.3 is 0 Å². The molecule has 1 atom stereocenters. The van der Waals surface area contributed by atoms with Crippen molar-refractivity contribution in [2.75, 3.05) is 20.2 Å². The Morgan fingerprint density at radius 1 is 1.78 bits per heavy atom. The van der Waals surface area contributed by atoms with E-state index in [1.54, 1.807) is 0 Å². The van der Waals surface area contributed by atoms with Gasteiger partial charge in [0.05, 0.1) is 6.07 Å². The van der Waals surface area contributed by atoms with Gasteiger partial charge in [0.15, 0.2) is 6.10 Å². The molecular weight excluding hydrogens is 116 g/mol. The third-order valence-electron chi connectivity index (χ3n) is 1.01. The van der Waals surface area contributed by atoms with Gasteiger partial charge in [-0.2, -0.15) is 5.26 Å². The normalized spacial score (nSPS) is 12.6. The summed E-state index contributed by atoms with van der Waals surface area (Å²) in [7, 11) is 1.53. The van der Waals surface area contributed by atoms with Gasteiger partial charge in [-0.25, -0.2) is 0 Å². The van der Waals surface area contributed by atoms with Gasteiger partial charge in [-0.05, 0) is 6.54 Å². The highest BCUT2D eigenvalue weighted by molar-refractivity contribution is 4.84. The summed E-state index contributed by atoms with van der Waals surface area (Å²) in [5.41, 5.74) is 0. The first kappa shape index (κ1) is 8.41. The van der Waals surface area contributed by atoms with E-state index in [1.165, 1.54) is 7.11 Å². The van der Waals surface area contributed by atoms with E-state index in [-0.39, 0.29) is 6.10 Å². The maximum atomic E-state index is 8.34. The predicted octanol–water partition coefficient (Wildman–Crippen LogP) is 0.134. The van der Waals surface area contributed by atoms with Crippen molar-refractivity contribution in [2.24, 2.45) is 0 Å². The van der Waals surface area contributed by atoms with Crippen molar-refractivity contribution >= 4 is 0 Å². The molecule has 0 bridgehead atoms. The van der Waals surface area contributed by atoms with Crippen LogP contribution >= 0.6 is 0 Å². The Balaban J connectivity index is 3.23. The highest BCUT2D eigenvalue weighted by Crippen LogP contribution is 1.82. The lowest BCUT2D eigenvalue weighted by atomic mass is 10.4. The smallest absolute Gasteiger partial charge is 0.155 e. The molecule has 0 saturated heterocycles. The number of methoxy groups -OCH3 is 1. The van der Waals surface area contributed by atoms with Crippen LogP contribution in [0.1, 0.15) is 6.92 Å². The molecule has 0 saturated carbocycles. The molecule has 0 heterocycles. The van der Waals surface area contributed by atoms with Gasteiger partial charge in [-0.1, -0.05) is 6.92 Å². The van der Waals surface area contributed by atoms with Crippen molar-refractivity contribution in [3.05, 3.63) is 0 Å². The Kier molecular flexibility index (Phi) is 5.18. The minimum Gasteiger partial charge on any atom is -0.365 e. The number of ether oxygens (including phenoxy) is 1. The Bertz CT molecular complexity index is 97.7. The summed E-state index contributed by atoms with van der Waals surface area (Å²) in [4.78, 5) is 0. The average Bonchev–Trinajstić information content (AvgIpc) is 1.91. The van der Waals surface area contributed by atoms with E-state index in [0.29, 0.717) is 6.54 Å². The van der Waals surface area contributed by atoms with Crippen molar-refractivity contribution in [3.8, 4) is 6.07 Å². The topological polar surface area (TPSA) is 45.0 Å². The SMILES string of the molecule is CCNCC(C#N)OC. The second-order valence-corrected chi connectivity index (χ2v) is 1.66. The van der Waals surface area contributed by atoms with Crippen LogP contribution in [0.5, 0.6) is 0 Å². The second-order valence-electron chi connectivity index (χ2n) is 1.66. The summed E-state index contributed by atoms with van der Waals surface area (Å²) < 4.78 is 4.78. The van der Waals surface area contributed by atoms with E-state index in [4.69, 9.17) is 10.00 Å². The summed E-state index contributed by atoms with van der Waals surface area (Å²) in [5, 5.41) is 11.3. The molecule has 0 radical (unpaired) electrons. The fourth-order valence-electron chi connectivity index (χ4n) is 0.457. The van der Waals surface area contributed by atoms with E-state index in [0.717, 1.165) is 6.54 Å². The molecule has 0 spiro atoms. The van der Waals surface area contributed by atoms with Crippen LogP contribution in [0, 0.1) is 11.3 Å². The first-order chi connectivity index (χ1) is 4.35. The number of hydrogen-bond donors (Lipinski definition) is 1. The number of nitrogens with one attached hydrogen (secondary N) is 1.